The van der Waals surface area contributed by atoms with E-state index in [0.29, 0.717) is 0 Å². The topological polar surface area (TPSA) is 46.3 Å². The van der Waals surface area contributed by atoms with Gasteiger partial charge in [0, 0.05) is 25.3 Å². The number of carbonyl (C=O) groups excluding carboxylic acids is 1. The molecule has 2 atom stereocenters. The highest BCUT2D eigenvalue weighted by atomic mass is 16.1. The Morgan fingerprint density at radius 3 is 2.83 bits per heavy atom. The molecule has 1 heterocycles. The zero-order valence-corrected chi connectivity index (χ0v) is 10.8. The van der Waals surface area contributed by atoms with Crippen molar-refractivity contribution in [3.05, 3.63) is 29.8 Å². The summed E-state index contributed by atoms with van der Waals surface area (Å²) in [6.45, 7) is 4.98. The van der Waals surface area contributed by atoms with Crippen LogP contribution in [0.2, 0.25) is 0 Å². The lowest BCUT2D eigenvalue weighted by atomic mass is 9.84. The Labute approximate surface area is 109 Å². The second kappa shape index (κ2) is 6.01. The van der Waals surface area contributed by atoms with Crippen LogP contribution in [0.15, 0.2) is 24.3 Å². The van der Waals surface area contributed by atoms with E-state index in [0.717, 1.165) is 24.9 Å². The van der Waals surface area contributed by atoms with Crippen molar-refractivity contribution >= 4 is 12.5 Å². The summed E-state index contributed by atoms with van der Waals surface area (Å²) < 4.78 is 0. The Kier molecular flexibility index (Phi) is 4.37. The highest BCUT2D eigenvalue weighted by Gasteiger charge is 2.35. The van der Waals surface area contributed by atoms with Gasteiger partial charge in [-0.25, -0.2) is 0 Å². The molecule has 2 aliphatic rings. The van der Waals surface area contributed by atoms with Gasteiger partial charge in [0.15, 0.2) is 0 Å². The fourth-order valence-electron chi connectivity index (χ4n) is 3.50. The van der Waals surface area contributed by atoms with Gasteiger partial charge in [-0.2, -0.15) is 0 Å². The molecular formula is C15H22N2O. The van der Waals surface area contributed by atoms with Gasteiger partial charge in [0.25, 0.3) is 0 Å². The predicted octanol–water partition coefficient (Wildman–Crippen LogP) is 2.16. The van der Waals surface area contributed by atoms with Crippen LogP contribution in [0.25, 0.3) is 0 Å². The van der Waals surface area contributed by atoms with Gasteiger partial charge in [0.1, 0.15) is 6.79 Å². The Hall–Kier alpha value is -1.35. The van der Waals surface area contributed by atoms with E-state index in [4.69, 9.17) is 10.5 Å². The third-order valence-electron chi connectivity index (χ3n) is 4.19. The highest BCUT2D eigenvalue weighted by Crippen LogP contribution is 2.47. The van der Waals surface area contributed by atoms with E-state index in [1.807, 2.05) is 6.79 Å². The number of hydrogen-bond acceptors (Lipinski definition) is 3. The number of fused-ring (bicyclic) bond motifs is 3. The molecule has 0 spiro atoms. The van der Waals surface area contributed by atoms with E-state index >= 15 is 0 Å². The molecule has 0 saturated heterocycles. The lowest BCUT2D eigenvalue weighted by molar-refractivity contribution is -0.0979. The standard InChI is InChI=1S/C14H20N2.CH2O/c15-8-9-16-10-11-4-3-6-12(11)13-5-1-2-7-14(13)16;1-2/h1-2,5,7,11-12H,3-4,6,8-10,15H2;1H2. The summed E-state index contributed by atoms with van der Waals surface area (Å²) in [6.07, 6.45) is 4.19. The molecule has 98 valence electrons. The minimum Gasteiger partial charge on any atom is -0.370 e. The molecule has 3 heteroatoms. The van der Waals surface area contributed by atoms with Gasteiger partial charge in [-0.05, 0) is 36.3 Å². The van der Waals surface area contributed by atoms with Gasteiger partial charge in [0.2, 0.25) is 0 Å². The summed E-state index contributed by atoms with van der Waals surface area (Å²) in [6, 6.07) is 8.91. The minimum absolute atomic E-state index is 0.756. The van der Waals surface area contributed by atoms with Crippen LogP contribution < -0.4 is 10.6 Å². The first kappa shape index (κ1) is 13.1. The quantitative estimate of drug-likeness (QED) is 0.870. The molecule has 1 fully saturated rings. The van der Waals surface area contributed by atoms with Crippen molar-refractivity contribution in [2.45, 2.75) is 25.2 Å². The SMILES string of the molecule is C=O.NCCN1CC2CCCC2c2ccccc21. The zero-order valence-electron chi connectivity index (χ0n) is 10.8. The van der Waals surface area contributed by atoms with E-state index in [1.165, 1.54) is 31.5 Å². The fraction of sp³-hybridized carbons (Fsp3) is 0.533. The first-order chi connectivity index (χ1) is 8.90. The van der Waals surface area contributed by atoms with Crippen molar-refractivity contribution in [1.29, 1.82) is 0 Å². The summed E-state index contributed by atoms with van der Waals surface area (Å²) in [5, 5.41) is 0. The second-order valence-electron chi connectivity index (χ2n) is 5.09. The van der Waals surface area contributed by atoms with Crippen molar-refractivity contribution in [2.75, 3.05) is 24.5 Å². The summed E-state index contributed by atoms with van der Waals surface area (Å²) in [5.41, 5.74) is 8.73. The molecule has 1 aliphatic carbocycles. The molecule has 3 rings (SSSR count). The zero-order chi connectivity index (χ0) is 13.0. The van der Waals surface area contributed by atoms with E-state index in [9.17, 15) is 0 Å². The van der Waals surface area contributed by atoms with E-state index in [2.05, 4.69) is 29.2 Å². The molecular weight excluding hydrogens is 224 g/mol. The van der Waals surface area contributed by atoms with Crippen LogP contribution in [-0.4, -0.2) is 26.4 Å². The summed E-state index contributed by atoms with van der Waals surface area (Å²) >= 11 is 0. The molecule has 0 bridgehead atoms. The Morgan fingerprint density at radius 1 is 1.28 bits per heavy atom. The van der Waals surface area contributed by atoms with Crippen molar-refractivity contribution < 1.29 is 4.79 Å². The molecule has 18 heavy (non-hydrogen) atoms. The minimum atomic E-state index is 0.756. The van der Waals surface area contributed by atoms with Gasteiger partial charge in [-0.3, -0.25) is 0 Å². The number of para-hydroxylation sites is 1. The van der Waals surface area contributed by atoms with Crippen LogP contribution in [0, 0.1) is 5.92 Å². The number of hydrogen-bond donors (Lipinski definition) is 1. The molecule has 1 aromatic rings. The third-order valence-corrected chi connectivity index (χ3v) is 4.19. The smallest absolute Gasteiger partial charge is 0.106 e. The van der Waals surface area contributed by atoms with E-state index < -0.39 is 0 Å². The summed E-state index contributed by atoms with van der Waals surface area (Å²) in [5.74, 6) is 1.70. The molecule has 1 aliphatic heterocycles. The molecule has 0 aromatic heterocycles. The monoisotopic (exact) mass is 246 g/mol. The Balaban J connectivity index is 0.000000574. The molecule has 1 saturated carbocycles. The predicted molar refractivity (Wildman–Crippen MR) is 74.9 cm³/mol. The number of anilines is 1. The first-order valence-corrected chi connectivity index (χ1v) is 6.73. The molecule has 1 aromatic carbocycles. The summed E-state index contributed by atoms with van der Waals surface area (Å²) in [7, 11) is 0. The third kappa shape index (κ3) is 2.27. The number of nitrogens with zero attached hydrogens (tertiary/aromatic N) is 1. The lowest BCUT2D eigenvalue weighted by Gasteiger charge is -2.38. The number of carbonyl (C=O) groups is 1. The number of nitrogens with two attached hydrogens (primary N) is 1. The van der Waals surface area contributed by atoms with Crippen LogP contribution in [0.5, 0.6) is 0 Å². The summed E-state index contributed by atoms with van der Waals surface area (Å²) in [4.78, 5) is 10.5. The molecule has 0 amide bonds. The van der Waals surface area contributed by atoms with Crippen LogP contribution in [-0.2, 0) is 4.79 Å². The number of rotatable bonds is 2. The Bertz CT molecular complexity index is 394. The maximum absolute atomic E-state index is 8.00. The van der Waals surface area contributed by atoms with Crippen LogP contribution >= 0.6 is 0 Å². The van der Waals surface area contributed by atoms with Gasteiger partial charge >= 0.3 is 0 Å². The van der Waals surface area contributed by atoms with Crippen molar-refractivity contribution in [3.8, 4) is 0 Å². The normalized spacial score (nSPS) is 24.8. The second-order valence-corrected chi connectivity index (χ2v) is 5.09. The lowest BCUT2D eigenvalue weighted by Crippen LogP contribution is -2.38. The van der Waals surface area contributed by atoms with Gasteiger partial charge < -0.3 is 15.4 Å². The molecule has 2 N–H and O–H groups in total. The first-order valence-electron chi connectivity index (χ1n) is 6.73. The van der Waals surface area contributed by atoms with Crippen molar-refractivity contribution in [1.82, 2.24) is 0 Å². The highest BCUT2D eigenvalue weighted by molar-refractivity contribution is 5.58. The van der Waals surface area contributed by atoms with Crippen molar-refractivity contribution in [2.24, 2.45) is 11.7 Å². The maximum atomic E-state index is 8.00. The largest absolute Gasteiger partial charge is 0.370 e. The van der Waals surface area contributed by atoms with Crippen molar-refractivity contribution in [3.63, 3.8) is 0 Å². The molecule has 0 radical (unpaired) electrons. The number of benzene rings is 1. The average molecular weight is 246 g/mol. The Morgan fingerprint density at radius 2 is 2.06 bits per heavy atom. The van der Waals surface area contributed by atoms with Crippen LogP contribution in [0.3, 0.4) is 0 Å². The van der Waals surface area contributed by atoms with E-state index in [-0.39, 0.29) is 0 Å². The van der Waals surface area contributed by atoms with Gasteiger partial charge in [-0.1, -0.05) is 24.6 Å². The molecule has 2 unspecified atom stereocenters. The van der Waals surface area contributed by atoms with Crippen LogP contribution in [0.1, 0.15) is 30.7 Å². The fourth-order valence-corrected chi connectivity index (χ4v) is 3.50. The average Bonchev–Trinajstić information content (AvgIpc) is 2.90. The van der Waals surface area contributed by atoms with Gasteiger partial charge in [-0.15, -0.1) is 0 Å². The van der Waals surface area contributed by atoms with Gasteiger partial charge in [0.05, 0.1) is 0 Å². The maximum Gasteiger partial charge on any atom is 0.106 e. The van der Waals surface area contributed by atoms with E-state index in [1.54, 1.807) is 5.56 Å². The molecule has 3 nitrogen and oxygen atoms in total. The van der Waals surface area contributed by atoms with Crippen LogP contribution in [0.4, 0.5) is 5.69 Å².